The van der Waals surface area contributed by atoms with Crippen molar-refractivity contribution in [3.63, 3.8) is 0 Å². The lowest BCUT2D eigenvalue weighted by atomic mass is 10.00. The monoisotopic (exact) mass is 301 g/mol. The zero-order chi connectivity index (χ0) is 12.4. The third kappa shape index (κ3) is 2.60. The Balaban J connectivity index is 2.18. The van der Waals surface area contributed by atoms with Crippen LogP contribution in [0.15, 0.2) is 16.6 Å². The number of rotatable bonds is 1. The summed E-state index contributed by atoms with van der Waals surface area (Å²) in [4.78, 5) is 13.2. The van der Waals surface area contributed by atoms with E-state index in [1.807, 2.05) is 0 Å². The maximum absolute atomic E-state index is 13.3. The number of amides is 1. The van der Waals surface area contributed by atoms with Gasteiger partial charge in [0.25, 0.3) is 0 Å². The zero-order valence-electron chi connectivity index (χ0n) is 9.50. The van der Waals surface area contributed by atoms with Crippen molar-refractivity contribution < 1.29 is 13.9 Å². The number of nitrogens with zero attached hydrogens (tertiary/aromatic N) is 1. The van der Waals surface area contributed by atoms with Gasteiger partial charge in [-0.15, -0.1) is 0 Å². The van der Waals surface area contributed by atoms with Crippen LogP contribution in [0.1, 0.15) is 18.1 Å². The average molecular weight is 302 g/mol. The number of ether oxygens (including phenoxy) is 1. The average Bonchev–Trinajstić information content (AvgIpc) is 2.30. The van der Waals surface area contributed by atoms with Gasteiger partial charge in [0.2, 0.25) is 0 Å². The Hall–Kier alpha value is -1.10. The third-order valence-corrected chi connectivity index (χ3v) is 3.39. The number of carbonyl (C=O) groups excluding carboxylic acids is 1. The summed E-state index contributed by atoms with van der Waals surface area (Å²) < 4.78 is 18.7. The van der Waals surface area contributed by atoms with Crippen LogP contribution in [-0.4, -0.2) is 24.1 Å². The highest BCUT2D eigenvalue weighted by molar-refractivity contribution is 9.10. The molecule has 5 heteroatoms. The molecule has 0 saturated heterocycles. The SMILES string of the molecule is CCOC(=O)N1CCc2cc(F)c(Br)cc2C1. The topological polar surface area (TPSA) is 29.5 Å². The lowest BCUT2D eigenvalue weighted by Gasteiger charge is -2.28. The molecule has 0 unspecified atom stereocenters. The predicted molar refractivity (Wildman–Crippen MR) is 65.2 cm³/mol. The molecule has 17 heavy (non-hydrogen) atoms. The normalized spacial score (nSPS) is 14.4. The van der Waals surface area contributed by atoms with E-state index in [2.05, 4.69) is 15.9 Å². The lowest BCUT2D eigenvalue weighted by molar-refractivity contribution is 0.102. The minimum Gasteiger partial charge on any atom is -0.450 e. The molecular weight excluding hydrogens is 289 g/mol. The van der Waals surface area contributed by atoms with E-state index in [-0.39, 0.29) is 11.9 Å². The van der Waals surface area contributed by atoms with Crippen LogP contribution >= 0.6 is 15.9 Å². The maximum atomic E-state index is 13.3. The first-order chi connectivity index (χ1) is 8.11. The summed E-state index contributed by atoms with van der Waals surface area (Å²) in [5.74, 6) is -0.256. The van der Waals surface area contributed by atoms with E-state index in [1.54, 1.807) is 17.9 Å². The van der Waals surface area contributed by atoms with Crippen molar-refractivity contribution in [2.75, 3.05) is 13.2 Å². The molecule has 1 aliphatic rings. The van der Waals surface area contributed by atoms with Crippen LogP contribution in [0.3, 0.4) is 0 Å². The number of halogens is 2. The quantitative estimate of drug-likeness (QED) is 0.798. The third-order valence-electron chi connectivity index (χ3n) is 2.78. The van der Waals surface area contributed by atoms with Crippen molar-refractivity contribution in [1.82, 2.24) is 4.90 Å². The molecule has 0 saturated carbocycles. The number of carbonyl (C=O) groups is 1. The molecule has 1 aliphatic heterocycles. The fraction of sp³-hybridized carbons (Fsp3) is 0.417. The summed E-state index contributed by atoms with van der Waals surface area (Å²) in [7, 11) is 0. The number of hydrogen-bond acceptors (Lipinski definition) is 2. The van der Waals surface area contributed by atoms with Crippen molar-refractivity contribution >= 4 is 22.0 Å². The predicted octanol–water partition coefficient (Wildman–Crippen LogP) is 3.10. The zero-order valence-corrected chi connectivity index (χ0v) is 11.1. The van der Waals surface area contributed by atoms with Crippen LogP contribution < -0.4 is 0 Å². The lowest BCUT2D eigenvalue weighted by Crippen LogP contribution is -2.36. The first-order valence-electron chi connectivity index (χ1n) is 5.50. The maximum Gasteiger partial charge on any atom is 0.410 e. The molecule has 3 nitrogen and oxygen atoms in total. The van der Waals surface area contributed by atoms with E-state index in [0.29, 0.717) is 30.6 Å². The molecule has 0 N–H and O–H groups in total. The molecule has 0 fully saturated rings. The van der Waals surface area contributed by atoms with E-state index in [1.165, 1.54) is 6.07 Å². The largest absolute Gasteiger partial charge is 0.450 e. The van der Waals surface area contributed by atoms with Gasteiger partial charge in [-0.05, 0) is 52.5 Å². The van der Waals surface area contributed by atoms with Crippen LogP contribution in [0.25, 0.3) is 0 Å². The summed E-state index contributed by atoms with van der Waals surface area (Å²) in [6.07, 6.45) is 0.358. The van der Waals surface area contributed by atoms with Crippen LogP contribution in [0, 0.1) is 5.82 Å². The molecule has 1 aromatic carbocycles. The highest BCUT2D eigenvalue weighted by Gasteiger charge is 2.22. The van der Waals surface area contributed by atoms with Crippen LogP contribution in [0.5, 0.6) is 0 Å². The van der Waals surface area contributed by atoms with Gasteiger partial charge in [0.15, 0.2) is 0 Å². The van der Waals surface area contributed by atoms with Gasteiger partial charge in [-0.1, -0.05) is 0 Å². The molecule has 1 amide bonds. The van der Waals surface area contributed by atoms with Gasteiger partial charge in [0.05, 0.1) is 11.1 Å². The molecular formula is C12H13BrFNO2. The Morgan fingerprint density at radius 2 is 2.29 bits per heavy atom. The van der Waals surface area contributed by atoms with Crippen molar-refractivity contribution in [2.24, 2.45) is 0 Å². The molecule has 0 aromatic heterocycles. The van der Waals surface area contributed by atoms with Gasteiger partial charge in [0.1, 0.15) is 5.82 Å². The summed E-state index contributed by atoms with van der Waals surface area (Å²) in [5.41, 5.74) is 1.93. The number of benzene rings is 1. The molecule has 0 atom stereocenters. The summed E-state index contributed by atoms with van der Waals surface area (Å²) in [6.45, 7) is 3.21. The summed E-state index contributed by atoms with van der Waals surface area (Å²) in [5, 5.41) is 0. The van der Waals surface area contributed by atoms with Crippen molar-refractivity contribution in [3.8, 4) is 0 Å². The van der Waals surface area contributed by atoms with Crippen LogP contribution in [-0.2, 0) is 17.7 Å². The van der Waals surface area contributed by atoms with Crippen LogP contribution in [0.2, 0.25) is 0 Å². The Morgan fingerprint density at radius 3 is 3.00 bits per heavy atom. The smallest absolute Gasteiger partial charge is 0.410 e. The second-order valence-corrected chi connectivity index (χ2v) is 4.76. The summed E-state index contributed by atoms with van der Waals surface area (Å²) >= 11 is 3.15. The minimum atomic E-state index is -0.307. The molecule has 0 bridgehead atoms. The molecule has 2 rings (SSSR count). The number of fused-ring (bicyclic) bond motifs is 1. The van der Waals surface area contributed by atoms with Gasteiger partial charge in [0, 0.05) is 13.1 Å². The standard InChI is InChI=1S/C12H13BrFNO2/c1-2-17-12(16)15-4-3-8-6-11(14)10(13)5-9(8)7-15/h5-6H,2-4,7H2,1H3. The van der Waals surface area contributed by atoms with Gasteiger partial charge in [-0.25, -0.2) is 9.18 Å². The molecule has 92 valence electrons. The fourth-order valence-corrected chi connectivity index (χ4v) is 2.31. The Morgan fingerprint density at radius 1 is 1.53 bits per heavy atom. The van der Waals surface area contributed by atoms with E-state index in [4.69, 9.17) is 4.74 Å². The Labute approximate surface area is 108 Å². The van der Waals surface area contributed by atoms with Gasteiger partial charge >= 0.3 is 6.09 Å². The molecule has 1 heterocycles. The second-order valence-electron chi connectivity index (χ2n) is 3.91. The minimum absolute atomic E-state index is 0.256. The van der Waals surface area contributed by atoms with Crippen molar-refractivity contribution in [1.29, 1.82) is 0 Å². The van der Waals surface area contributed by atoms with Crippen molar-refractivity contribution in [3.05, 3.63) is 33.5 Å². The Bertz CT molecular complexity index is 450. The van der Waals surface area contributed by atoms with Gasteiger partial charge < -0.3 is 9.64 Å². The van der Waals surface area contributed by atoms with E-state index in [9.17, 15) is 9.18 Å². The molecule has 1 aromatic rings. The highest BCUT2D eigenvalue weighted by Crippen LogP contribution is 2.25. The molecule has 0 aliphatic carbocycles. The van der Waals surface area contributed by atoms with E-state index in [0.717, 1.165) is 11.1 Å². The number of hydrogen-bond donors (Lipinski definition) is 0. The van der Waals surface area contributed by atoms with E-state index >= 15 is 0 Å². The first-order valence-corrected chi connectivity index (χ1v) is 6.29. The second kappa shape index (κ2) is 5.04. The summed E-state index contributed by atoms with van der Waals surface area (Å²) in [6, 6.07) is 3.26. The molecule has 0 radical (unpaired) electrons. The van der Waals surface area contributed by atoms with Crippen LogP contribution in [0.4, 0.5) is 9.18 Å². The van der Waals surface area contributed by atoms with Gasteiger partial charge in [-0.2, -0.15) is 0 Å². The van der Waals surface area contributed by atoms with Gasteiger partial charge in [-0.3, -0.25) is 0 Å². The Kier molecular flexibility index (Phi) is 3.66. The fourth-order valence-electron chi connectivity index (χ4n) is 1.92. The van der Waals surface area contributed by atoms with Crippen molar-refractivity contribution in [2.45, 2.75) is 19.9 Å². The first kappa shape index (κ1) is 12.4. The highest BCUT2D eigenvalue weighted by atomic mass is 79.9. The van der Waals surface area contributed by atoms with E-state index < -0.39 is 0 Å². The molecule has 0 spiro atoms.